The minimum absolute atomic E-state index is 0.210. The summed E-state index contributed by atoms with van der Waals surface area (Å²) in [4.78, 5) is 17.8. The molecule has 2 N–H and O–H groups in total. The number of hydrogen-bond acceptors (Lipinski definition) is 6. The third-order valence-corrected chi connectivity index (χ3v) is 4.85. The van der Waals surface area contributed by atoms with Crippen molar-refractivity contribution in [3.05, 3.63) is 69.6 Å². The molecule has 0 saturated carbocycles. The highest BCUT2D eigenvalue weighted by molar-refractivity contribution is 5.91. The van der Waals surface area contributed by atoms with Gasteiger partial charge >= 0.3 is 12.1 Å². The predicted octanol–water partition coefficient (Wildman–Crippen LogP) is 3.60. The van der Waals surface area contributed by atoms with E-state index in [4.69, 9.17) is 10.7 Å². The van der Waals surface area contributed by atoms with Crippen molar-refractivity contribution in [3.8, 4) is 11.4 Å². The third kappa shape index (κ3) is 4.67. The van der Waals surface area contributed by atoms with Crippen molar-refractivity contribution in [2.45, 2.75) is 33.1 Å². The van der Waals surface area contributed by atoms with Crippen LogP contribution in [0.5, 0.6) is 5.75 Å². The fourth-order valence-electron chi connectivity index (χ4n) is 3.44. The number of aromatic nitrogens is 4. The molecule has 0 aliphatic heterocycles. The Bertz CT molecular complexity index is 1200. The van der Waals surface area contributed by atoms with Gasteiger partial charge in [0.05, 0.1) is 5.69 Å². The third-order valence-electron chi connectivity index (χ3n) is 4.85. The Balaban J connectivity index is 2.28. The van der Waals surface area contributed by atoms with Crippen LogP contribution in [0.15, 0.2) is 47.3 Å². The van der Waals surface area contributed by atoms with E-state index < -0.39 is 12.1 Å². The number of hydrogen-bond donors (Lipinski definition) is 1. The minimum atomic E-state index is -4.82. The van der Waals surface area contributed by atoms with E-state index in [1.54, 1.807) is 18.2 Å². The molecule has 3 aromatic rings. The molecule has 32 heavy (non-hydrogen) atoms. The molecular formula is C21H22F3N5O3. The Kier molecular flexibility index (Phi) is 6.68. The van der Waals surface area contributed by atoms with Crippen LogP contribution >= 0.6 is 0 Å². The Morgan fingerprint density at radius 2 is 1.84 bits per heavy atom. The molecule has 170 valence electrons. The smallest absolute Gasteiger partial charge is 0.410 e. The average molecular weight is 449 g/mol. The number of rotatable bonds is 7. The standard InChI is InChI=1S/C21H22F3N5O3/c1-4-13-8-7-11-17(29-20(30)28(3)26-27-29)18(13)19(32-25)16(5-2)14-9-6-10-15(12-14)31-21(22,23)24/h6-12H,4-5,25H2,1-3H3/b19-16+. The summed E-state index contributed by atoms with van der Waals surface area (Å²) < 4.78 is 44.3. The molecule has 0 fully saturated rings. The van der Waals surface area contributed by atoms with Gasteiger partial charge in [0.15, 0.2) is 5.76 Å². The molecule has 1 heterocycles. The van der Waals surface area contributed by atoms with Crippen LogP contribution in [0.2, 0.25) is 0 Å². The summed E-state index contributed by atoms with van der Waals surface area (Å²) in [6.07, 6.45) is -3.88. The highest BCUT2D eigenvalue weighted by Gasteiger charge is 2.31. The maximum Gasteiger partial charge on any atom is 0.573 e. The van der Waals surface area contributed by atoms with Crippen molar-refractivity contribution in [2.24, 2.45) is 12.9 Å². The van der Waals surface area contributed by atoms with E-state index in [9.17, 15) is 18.0 Å². The zero-order chi connectivity index (χ0) is 23.5. The predicted molar refractivity (Wildman–Crippen MR) is 111 cm³/mol. The lowest BCUT2D eigenvalue weighted by molar-refractivity contribution is -0.274. The van der Waals surface area contributed by atoms with Crippen LogP contribution in [-0.4, -0.2) is 26.2 Å². The van der Waals surface area contributed by atoms with Gasteiger partial charge in [0.25, 0.3) is 0 Å². The fraction of sp³-hybridized carbons (Fsp3) is 0.286. The van der Waals surface area contributed by atoms with Gasteiger partial charge in [-0.05, 0) is 52.6 Å². The first-order valence-electron chi connectivity index (χ1n) is 9.77. The molecule has 0 unspecified atom stereocenters. The molecule has 8 nitrogen and oxygen atoms in total. The second-order valence-electron chi connectivity index (χ2n) is 6.82. The molecular weight excluding hydrogens is 427 g/mol. The molecule has 0 atom stereocenters. The molecule has 2 aromatic carbocycles. The molecule has 0 bridgehead atoms. The van der Waals surface area contributed by atoms with E-state index in [2.05, 4.69) is 15.2 Å². The molecule has 0 radical (unpaired) electrons. The Morgan fingerprint density at radius 3 is 2.41 bits per heavy atom. The summed E-state index contributed by atoms with van der Waals surface area (Å²) in [7, 11) is 1.47. The first-order chi connectivity index (χ1) is 15.2. The summed E-state index contributed by atoms with van der Waals surface area (Å²) >= 11 is 0. The van der Waals surface area contributed by atoms with Crippen molar-refractivity contribution in [3.63, 3.8) is 0 Å². The molecule has 1 aromatic heterocycles. The van der Waals surface area contributed by atoms with Crippen molar-refractivity contribution in [2.75, 3.05) is 0 Å². The van der Waals surface area contributed by atoms with Crippen LogP contribution in [-0.2, 0) is 18.3 Å². The van der Waals surface area contributed by atoms with Gasteiger partial charge in [-0.1, -0.05) is 38.1 Å². The van der Waals surface area contributed by atoms with Crippen molar-refractivity contribution >= 4 is 11.3 Å². The van der Waals surface area contributed by atoms with Gasteiger partial charge in [0.2, 0.25) is 0 Å². The van der Waals surface area contributed by atoms with Gasteiger partial charge in [0, 0.05) is 18.2 Å². The summed E-state index contributed by atoms with van der Waals surface area (Å²) in [6, 6.07) is 10.8. The van der Waals surface area contributed by atoms with Gasteiger partial charge in [0.1, 0.15) is 5.75 Å². The number of benzene rings is 2. The zero-order valence-electron chi connectivity index (χ0n) is 17.7. The number of halogens is 3. The average Bonchev–Trinajstić information content (AvgIpc) is 3.08. The lowest BCUT2D eigenvalue weighted by Crippen LogP contribution is -2.23. The molecule has 0 saturated heterocycles. The Labute approximate surface area is 181 Å². The van der Waals surface area contributed by atoms with Crippen molar-refractivity contribution < 1.29 is 22.7 Å². The number of allylic oxidation sites excluding steroid dienone is 1. The highest BCUT2D eigenvalue weighted by Crippen LogP contribution is 2.36. The highest BCUT2D eigenvalue weighted by atomic mass is 19.4. The Morgan fingerprint density at radius 1 is 1.12 bits per heavy atom. The Hall–Kier alpha value is -3.60. The second-order valence-corrected chi connectivity index (χ2v) is 6.82. The SMILES string of the molecule is CC/C(=C(\ON)c1c(CC)cccc1-n1nnn(C)c1=O)c1cccc(OC(F)(F)F)c1. The van der Waals surface area contributed by atoms with E-state index in [0.29, 0.717) is 35.2 Å². The topological polar surface area (TPSA) is 97.2 Å². The monoisotopic (exact) mass is 449 g/mol. The van der Waals surface area contributed by atoms with Crippen molar-refractivity contribution in [1.82, 2.24) is 19.8 Å². The van der Waals surface area contributed by atoms with E-state index in [-0.39, 0.29) is 11.5 Å². The number of ether oxygens (including phenoxy) is 1. The molecule has 0 amide bonds. The van der Waals surface area contributed by atoms with Crippen molar-refractivity contribution in [1.29, 1.82) is 0 Å². The quantitative estimate of drug-likeness (QED) is 0.336. The molecule has 3 rings (SSSR count). The van der Waals surface area contributed by atoms with Gasteiger partial charge in [-0.15, -0.1) is 13.2 Å². The summed E-state index contributed by atoms with van der Waals surface area (Å²) in [5, 5.41) is 7.65. The lowest BCUT2D eigenvalue weighted by atomic mass is 9.94. The molecule has 0 aliphatic rings. The van der Waals surface area contributed by atoms with Crippen LogP contribution in [0.1, 0.15) is 37.0 Å². The number of nitrogens with zero attached hydrogens (tertiary/aromatic N) is 4. The largest absolute Gasteiger partial charge is 0.573 e. The normalized spacial score (nSPS) is 12.5. The van der Waals surface area contributed by atoms with Crippen LogP contribution in [0.4, 0.5) is 13.2 Å². The van der Waals surface area contributed by atoms with E-state index in [1.807, 2.05) is 19.9 Å². The molecule has 0 spiro atoms. The number of tetrazole rings is 1. The van der Waals surface area contributed by atoms with E-state index >= 15 is 0 Å². The molecule has 0 aliphatic carbocycles. The van der Waals surface area contributed by atoms with E-state index in [0.717, 1.165) is 14.9 Å². The lowest BCUT2D eigenvalue weighted by Gasteiger charge is -2.19. The number of alkyl halides is 3. The minimum Gasteiger partial charge on any atom is -0.410 e. The van der Waals surface area contributed by atoms with Crippen LogP contribution in [0, 0.1) is 0 Å². The van der Waals surface area contributed by atoms with Crippen LogP contribution in [0.3, 0.4) is 0 Å². The maximum absolute atomic E-state index is 12.7. The maximum atomic E-state index is 12.7. The van der Waals surface area contributed by atoms with E-state index in [1.165, 1.54) is 25.2 Å². The van der Waals surface area contributed by atoms with Gasteiger partial charge in [-0.25, -0.2) is 4.79 Å². The fourth-order valence-corrected chi connectivity index (χ4v) is 3.44. The van der Waals surface area contributed by atoms with Crippen LogP contribution in [0.25, 0.3) is 17.0 Å². The second kappa shape index (κ2) is 9.27. The number of nitrogens with two attached hydrogens (primary N) is 1. The first-order valence-corrected chi connectivity index (χ1v) is 9.77. The summed E-state index contributed by atoms with van der Waals surface area (Å²) in [6.45, 7) is 3.73. The van der Waals surface area contributed by atoms with Crippen LogP contribution < -0.4 is 16.3 Å². The van der Waals surface area contributed by atoms with Gasteiger partial charge in [-0.2, -0.15) is 15.3 Å². The van der Waals surface area contributed by atoms with Gasteiger partial charge < -0.3 is 9.57 Å². The number of aryl methyl sites for hydroxylation is 2. The van der Waals surface area contributed by atoms with Gasteiger partial charge in [-0.3, -0.25) is 0 Å². The summed E-state index contributed by atoms with van der Waals surface area (Å²) in [5.74, 6) is 5.52. The molecule has 11 heteroatoms. The zero-order valence-corrected chi connectivity index (χ0v) is 17.7. The summed E-state index contributed by atoms with van der Waals surface area (Å²) in [5.41, 5.74) is 2.16. The first kappa shape index (κ1) is 23.1.